The minimum absolute atomic E-state index is 0.145. The van der Waals surface area contributed by atoms with Crippen molar-refractivity contribution in [2.45, 2.75) is 13.3 Å². The monoisotopic (exact) mass is 384 g/mol. The lowest BCUT2D eigenvalue weighted by Gasteiger charge is -2.09. The molecule has 0 spiro atoms. The first-order valence-corrected chi connectivity index (χ1v) is 9.35. The fourth-order valence-corrected chi connectivity index (χ4v) is 2.84. The molecule has 0 atom stereocenters. The lowest BCUT2D eigenvalue weighted by molar-refractivity contribution is 0.102. The summed E-state index contributed by atoms with van der Waals surface area (Å²) in [5, 5.41) is 2.89. The van der Waals surface area contributed by atoms with Crippen molar-refractivity contribution in [2.24, 2.45) is 0 Å². The Labute approximate surface area is 168 Å². The molecule has 0 aliphatic heterocycles. The number of hydrogen-bond acceptors (Lipinski definition) is 4. The summed E-state index contributed by atoms with van der Waals surface area (Å²) in [7, 11) is 0. The van der Waals surface area contributed by atoms with Crippen molar-refractivity contribution in [3.05, 3.63) is 96.6 Å². The molecule has 6 heteroatoms. The van der Waals surface area contributed by atoms with Gasteiger partial charge in [0.1, 0.15) is 17.9 Å². The van der Waals surface area contributed by atoms with Crippen LogP contribution in [-0.2, 0) is 6.42 Å². The van der Waals surface area contributed by atoms with Crippen molar-refractivity contribution in [1.82, 2.24) is 14.5 Å². The third-order valence-corrected chi connectivity index (χ3v) is 4.46. The van der Waals surface area contributed by atoms with Gasteiger partial charge < -0.3 is 14.6 Å². The van der Waals surface area contributed by atoms with Crippen LogP contribution in [-0.4, -0.2) is 20.4 Å². The van der Waals surface area contributed by atoms with E-state index in [0.717, 1.165) is 12.2 Å². The van der Waals surface area contributed by atoms with Crippen LogP contribution >= 0.6 is 0 Å². The zero-order valence-electron chi connectivity index (χ0n) is 15.9. The molecule has 0 fully saturated rings. The van der Waals surface area contributed by atoms with Crippen molar-refractivity contribution in [3.63, 3.8) is 0 Å². The Balaban J connectivity index is 1.41. The second-order valence-electron chi connectivity index (χ2n) is 6.44. The second kappa shape index (κ2) is 8.39. The molecular formula is C23H20N4O2. The van der Waals surface area contributed by atoms with E-state index in [-0.39, 0.29) is 5.91 Å². The fourth-order valence-electron chi connectivity index (χ4n) is 2.84. The largest absolute Gasteiger partial charge is 0.439 e. The smallest absolute Gasteiger partial charge is 0.255 e. The number of benzene rings is 2. The Kier molecular flexibility index (Phi) is 5.33. The SMILES string of the molecule is CCc1ccc(C(=O)Nc2ccc(Oc3cc(-n4cccc4)ncn3)cc2)cc1. The molecule has 144 valence electrons. The molecule has 6 nitrogen and oxygen atoms in total. The molecular weight excluding hydrogens is 364 g/mol. The van der Waals surface area contributed by atoms with Crippen LogP contribution in [0.5, 0.6) is 11.6 Å². The van der Waals surface area contributed by atoms with Crippen molar-refractivity contribution in [1.29, 1.82) is 0 Å². The van der Waals surface area contributed by atoms with E-state index in [1.807, 2.05) is 53.4 Å². The number of carbonyl (C=O) groups is 1. The minimum Gasteiger partial charge on any atom is -0.439 e. The van der Waals surface area contributed by atoms with Gasteiger partial charge >= 0.3 is 0 Å². The Morgan fingerprint density at radius 2 is 1.72 bits per heavy atom. The normalized spacial score (nSPS) is 10.5. The van der Waals surface area contributed by atoms with Crippen molar-refractivity contribution in [3.8, 4) is 17.4 Å². The molecule has 1 N–H and O–H groups in total. The summed E-state index contributed by atoms with van der Waals surface area (Å²) in [4.78, 5) is 20.8. The van der Waals surface area contributed by atoms with Gasteiger partial charge in [-0.2, -0.15) is 0 Å². The quantitative estimate of drug-likeness (QED) is 0.515. The summed E-state index contributed by atoms with van der Waals surface area (Å²) in [6, 6.07) is 20.4. The van der Waals surface area contributed by atoms with Gasteiger partial charge in [0.05, 0.1) is 0 Å². The molecule has 2 aromatic heterocycles. The first-order valence-electron chi connectivity index (χ1n) is 9.35. The van der Waals surface area contributed by atoms with E-state index in [1.54, 1.807) is 30.3 Å². The number of aryl methyl sites for hydroxylation is 1. The van der Waals surface area contributed by atoms with Gasteiger partial charge in [-0.3, -0.25) is 4.79 Å². The summed E-state index contributed by atoms with van der Waals surface area (Å²) in [6.07, 6.45) is 6.21. The topological polar surface area (TPSA) is 69.0 Å². The van der Waals surface area contributed by atoms with Gasteiger partial charge in [0.2, 0.25) is 5.88 Å². The molecule has 0 bridgehead atoms. The van der Waals surface area contributed by atoms with E-state index in [9.17, 15) is 4.79 Å². The third-order valence-electron chi connectivity index (χ3n) is 4.46. The highest BCUT2D eigenvalue weighted by atomic mass is 16.5. The predicted octanol–water partition coefficient (Wildman–Crippen LogP) is 4.87. The number of nitrogens with zero attached hydrogens (tertiary/aromatic N) is 3. The maximum atomic E-state index is 12.4. The average Bonchev–Trinajstić information content (AvgIpc) is 3.30. The van der Waals surface area contributed by atoms with Gasteiger partial charge in [0.25, 0.3) is 5.91 Å². The highest BCUT2D eigenvalue weighted by molar-refractivity contribution is 6.04. The lowest BCUT2D eigenvalue weighted by atomic mass is 10.1. The zero-order chi connectivity index (χ0) is 20.1. The first-order chi connectivity index (χ1) is 14.2. The van der Waals surface area contributed by atoms with E-state index in [4.69, 9.17) is 4.74 Å². The van der Waals surface area contributed by atoms with Crippen LogP contribution in [0.15, 0.2) is 85.5 Å². The molecule has 4 rings (SSSR count). The molecule has 0 unspecified atom stereocenters. The molecule has 2 heterocycles. The van der Waals surface area contributed by atoms with Crippen LogP contribution in [0.2, 0.25) is 0 Å². The number of aromatic nitrogens is 3. The Morgan fingerprint density at radius 3 is 2.41 bits per heavy atom. The van der Waals surface area contributed by atoms with Crippen LogP contribution < -0.4 is 10.1 Å². The van der Waals surface area contributed by atoms with E-state index < -0.39 is 0 Å². The van der Waals surface area contributed by atoms with Crippen molar-refractivity contribution < 1.29 is 9.53 Å². The number of ether oxygens (including phenoxy) is 1. The van der Waals surface area contributed by atoms with Gasteiger partial charge in [0, 0.05) is 29.7 Å². The summed E-state index contributed by atoms with van der Waals surface area (Å²) >= 11 is 0. The number of carbonyl (C=O) groups excluding carboxylic acids is 1. The molecule has 0 aliphatic carbocycles. The molecule has 29 heavy (non-hydrogen) atoms. The molecule has 2 aromatic carbocycles. The minimum atomic E-state index is -0.145. The summed E-state index contributed by atoms with van der Waals surface area (Å²) in [5.74, 6) is 1.63. The highest BCUT2D eigenvalue weighted by Gasteiger charge is 2.07. The maximum absolute atomic E-state index is 12.4. The summed E-state index contributed by atoms with van der Waals surface area (Å²) in [5.41, 5.74) is 2.52. The van der Waals surface area contributed by atoms with E-state index in [0.29, 0.717) is 22.9 Å². The predicted molar refractivity (Wildman–Crippen MR) is 112 cm³/mol. The summed E-state index contributed by atoms with van der Waals surface area (Å²) in [6.45, 7) is 2.08. The van der Waals surface area contributed by atoms with Gasteiger partial charge in [-0.25, -0.2) is 9.97 Å². The van der Waals surface area contributed by atoms with Crippen LogP contribution in [0.4, 0.5) is 5.69 Å². The summed E-state index contributed by atoms with van der Waals surface area (Å²) < 4.78 is 7.69. The molecule has 0 saturated heterocycles. The maximum Gasteiger partial charge on any atom is 0.255 e. The lowest BCUT2D eigenvalue weighted by Crippen LogP contribution is -2.11. The Hall–Kier alpha value is -3.93. The Bertz CT molecular complexity index is 1090. The van der Waals surface area contributed by atoms with Crippen molar-refractivity contribution >= 4 is 11.6 Å². The molecule has 4 aromatic rings. The third kappa shape index (κ3) is 4.50. The van der Waals surface area contributed by atoms with Crippen molar-refractivity contribution in [2.75, 3.05) is 5.32 Å². The standard InChI is InChI=1S/C23H20N4O2/c1-2-17-5-7-18(8-6-17)23(28)26-19-9-11-20(12-10-19)29-22-15-21(24-16-25-22)27-13-3-4-14-27/h3-16H,2H2,1H3,(H,26,28). The number of rotatable bonds is 6. The van der Waals surface area contributed by atoms with Gasteiger partial charge in [-0.05, 0) is 60.5 Å². The zero-order valence-corrected chi connectivity index (χ0v) is 15.9. The molecule has 0 radical (unpaired) electrons. The van der Waals surface area contributed by atoms with E-state index in [1.165, 1.54) is 11.9 Å². The highest BCUT2D eigenvalue weighted by Crippen LogP contribution is 2.22. The van der Waals surface area contributed by atoms with Crippen LogP contribution in [0.3, 0.4) is 0 Å². The van der Waals surface area contributed by atoms with E-state index in [2.05, 4.69) is 22.2 Å². The fraction of sp³-hybridized carbons (Fsp3) is 0.0870. The number of anilines is 1. The number of hydrogen-bond donors (Lipinski definition) is 1. The average molecular weight is 384 g/mol. The first kappa shape index (κ1) is 18.4. The van der Waals surface area contributed by atoms with E-state index >= 15 is 0 Å². The van der Waals surface area contributed by atoms with Crippen LogP contribution in [0.25, 0.3) is 5.82 Å². The molecule has 0 saturated carbocycles. The van der Waals surface area contributed by atoms with Gasteiger partial charge in [-0.15, -0.1) is 0 Å². The molecule has 1 amide bonds. The second-order valence-corrected chi connectivity index (χ2v) is 6.44. The Morgan fingerprint density at radius 1 is 1.00 bits per heavy atom. The number of amides is 1. The number of nitrogens with one attached hydrogen (secondary N) is 1. The molecule has 0 aliphatic rings. The van der Waals surface area contributed by atoms with Gasteiger partial charge in [-0.1, -0.05) is 19.1 Å². The van der Waals surface area contributed by atoms with Crippen LogP contribution in [0.1, 0.15) is 22.8 Å². The van der Waals surface area contributed by atoms with Crippen LogP contribution in [0, 0.1) is 0 Å². The van der Waals surface area contributed by atoms with Gasteiger partial charge in [0.15, 0.2) is 0 Å².